The summed E-state index contributed by atoms with van der Waals surface area (Å²) < 4.78 is 0. The minimum absolute atomic E-state index is 0.110. The Hall–Kier alpha value is -1.00. The van der Waals surface area contributed by atoms with Crippen LogP contribution in [0.5, 0.6) is 0 Å². The number of benzene rings is 1. The Kier molecular flexibility index (Phi) is 4.30. The molecule has 0 amide bonds. The summed E-state index contributed by atoms with van der Waals surface area (Å²) in [5, 5.41) is 12.2. The summed E-state index contributed by atoms with van der Waals surface area (Å²) in [6.45, 7) is 4.42. The topological polar surface area (TPSA) is 49.3 Å². The fourth-order valence-electron chi connectivity index (χ4n) is 2.11. The van der Waals surface area contributed by atoms with Gasteiger partial charge in [0.2, 0.25) is 0 Å². The van der Waals surface area contributed by atoms with Gasteiger partial charge in [-0.3, -0.25) is 10.1 Å². The predicted molar refractivity (Wildman–Crippen MR) is 74.7 cm³/mol. The van der Waals surface area contributed by atoms with Crippen molar-refractivity contribution in [1.29, 1.82) is 0 Å². The second kappa shape index (κ2) is 5.76. The van der Waals surface area contributed by atoms with Gasteiger partial charge in [0.15, 0.2) is 0 Å². The molecule has 1 heterocycles. The Morgan fingerprint density at radius 3 is 2.61 bits per heavy atom. The largest absolute Gasteiger partial charge is 0.480 e. The van der Waals surface area contributed by atoms with Crippen LogP contribution in [0.2, 0.25) is 0 Å². The van der Waals surface area contributed by atoms with Crippen LogP contribution < -0.4 is 5.32 Å². The number of carbonyl (C=O) groups is 1. The lowest BCUT2D eigenvalue weighted by Crippen LogP contribution is -2.33. The van der Waals surface area contributed by atoms with Crippen LogP contribution in [0.1, 0.15) is 30.3 Å². The van der Waals surface area contributed by atoms with Crippen molar-refractivity contribution < 1.29 is 9.90 Å². The quantitative estimate of drug-likeness (QED) is 0.879. The van der Waals surface area contributed by atoms with E-state index in [2.05, 4.69) is 43.4 Å². The fourth-order valence-corrected chi connectivity index (χ4v) is 3.34. The van der Waals surface area contributed by atoms with E-state index in [0.717, 1.165) is 12.0 Å². The molecule has 0 saturated carbocycles. The van der Waals surface area contributed by atoms with Gasteiger partial charge in [0.05, 0.1) is 5.37 Å². The van der Waals surface area contributed by atoms with Gasteiger partial charge < -0.3 is 5.11 Å². The third kappa shape index (κ3) is 3.27. The molecule has 1 aliphatic heterocycles. The van der Waals surface area contributed by atoms with Gasteiger partial charge in [0, 0.05) is 5.75 Å². The number of aliphatic carboxylic acids is 1. The number of hydrogen-bond donors (Lipinski definition) is 2. The van der Waals surface area contributed by atoms with Crippen LogP contribution in [0.15, 0.2) is 24.3 Å². The summed E-state index contributed by atoms with van der Waals surface area (Å²) in [6, 6.07) is 8.08. The standard InChI is InChI=1S/C14H19NO2S/c1-9(2)7-10-3-5-11(6-4-10)13-15-12(8-18-13)14(16)17/h3-6,9,12-13,15H,7-8H2,1-2H3,(H,16,17)/t12-,13?/m0/s1. The van der Waals surface area contributed by atoms with Crippen molar-refractivity contribution in [2.75, 3.05) is 5.75 Å². The Labute approximate surface area is 112 Å². The zero-order chi connectivity index (χ0) is 13.1. The molecule has 1 fully saturated rings. The van der Waals surface area contributed by atoms with E-state index in [9.17, 15) is 4.79 Å². The van der Waals surface area contributed by atoms with Crippen LogP contribution >= 0.6 is 11.8 Å². The molecule has 1 saturated heterocycles. The van der Waals surface area contributed by atoms with E-state index in [1.165, 1.54) is 5.56 Å². The molecule has 0 aromatic heterocycles. The molecule has 3 nitrogen and oxygen atoms in total. The summed E-state index contributed by atoms with van der Waals surface area (Å²) in [5.41, 5.74) is 2.50. The van der Waals surface area contributed by atoms with Crippen LogP contribution in [-0.2, 0) is 11.2 Å². The van der Waals surface area contributed by atoms with Crippen LogP contribution in [-0.4, -0.2) is 22.9 Å². The highest BCUT2D eigenvalue weighted by atomic mass is 32.2. The first-order valence-corrected chi connectivity index (χ1v) is 7.30. The molecule has 1 aromatic carbocycles. The molecular formula is C14H19NO2S. The summed E-state index contributed by atoms with van der Waals surface area (Å²) >= 11 is 1.66. The van der Waals surface area contributed by atoms with E-state index in [1.54, 1.807) is 11.8 Å². The van der Waals surface area contributed by atoms with Crippen molar-refractivity contribution in [2.45, 2.75) is 31.7 Å². The number of thioether (sulfide) groups is 1. The van der Waals surface area contributed by atoms with Gasteiger partial charge in [-0.25, -0.2) is 0 Å². The van der Waals surface area contributed by atoms with Crippen molar-refractivity contribution in [3.63, 3.8) is 0 Å². The number of nitrogens with one attached hydrogen (secondary N) is 1. The molecule has 1 aromatic rings. The zero-order valence-corrected chi connectivity index (χ0v) is 11.5. The van der Waals surface area contributed by atoms with Gasteiger partial charge >= 0.3 is 5.97 Å². The highest BCUT2D eigenvalue weighted by Crippen LogP contribution is 2.32. The van der Waals surface area contributed by atoms with Gasteiger partial charge in [0.1, 0.15) is 6.04 Å². The SMILES string of the molecule is CC(C)Cc1ccc(C2N[C@H](C(=O)O)CS2)cc1. The molecule has 98 valence electrons. The lowest BCUT2D eigenvalue weighted by Gasteiger charge is -2.12. The second-order valence-electron chi connectivity index (χ2n) is 5.11. The predicted octanol–water partition coefficient (Wildman–Crippen LogP) is 2.67. The summed E-state index contributed by atoms with van der Waals surface area (Å²) in [7, 11) is 0. The van der Waals surface area contributed by atoms with Crippen LogP contribution in [0.4, 0.5) is 0 Å². The van der Waals surface area contributed by atoms with Gasteiger partial charge in [-0.15, -0.1) is 11.8 Å². The average molecular weight is 265 g/mol. The number of hydrogen-bond acceptors (Lipinski definition) is 3. The molecule has 2 atom stereocenters. The molecular weight excluding hydrogens is 246 g/mol. The van der Waals surface area contributed by atoms with Crippen LogP contribution in [0, 0.1) is 5.92 Å². The van der Waals surface area contributed by atoms with Gasteiger partial charge in [0.25, 0.3) is 0 Å². The molecule has 2 rings (SSSR count). The van der Waals surface area contributed by atoms with E-state index < -0.39 is 12.0 Å². The summed E-state index contributed by atoms with van der Waals surface area (Å²) in [6.07, 6.45) is 1.09. The number of rotatable bonds is 4. The molecule has 0 radical (unpaired) electrons. The third-order valence-corrected chi connectivity index (χ3v) is 4.27. The molecule has 18 heavy (non-hydrogen) atoms. The maximum atomic E-state index is 10.9. The van der Waals surface area contributed by atoms with Crippen LogP contribution in [0.25, 0.3) is 0 Å². The van der Waals surface area contributed by atoms with Crippen LogP contribution in [0.3, 0.4) is 0 Å². The monoisotopic (exact) mass is 265 g/mol. The van der Waals surface area contributed by atoms with Crippen molar-refractivity contribution in [1.82, 2.24) is 5.32 Å². The zero-order valence-electron chi connectivity index (χ0n) is 10.7. The second-order valence-corrected chi connectivity index (χ2v) is 6.25. The number of carboxylic acid groups (broad SMARTS) is 1. The first kappa shape index (κ1) is 13.4. The van der Waals surface area contributed by atoms with Gasteiger partial charge in [-0.1, -0.05) is 38.1 Å². The van der Waals surface area contributed by atoms with Crippen molar-refractivity contribution in [3.8, 4) is 0 Å². The molecule has 1 aliphatic rings. The maximum absolute atomic E-state index is 10.9. The molecule has 1 unspecified atom stereocenters. The lowest BCUT2D eigenvalue weighted by molar-refractivity contribution is -0.138. The highest BCUT2D eigenvalue weighted by molar-refractivity contribution is 7.99. The summed E-state index contributed by atoms with van der Waals surface area (Å²) in [5.74, 6) is 0.529. The minimum Gasteiger partial charge on any atom is -0.480 e. The van der Waals surface area contributed by atoms with E-state index >= 15 is 0 Å². The smallest absolute Gasteiger partial charge is 0.321 e. The molecule has 4 heteroatoms. The first-order valence-electron chi connectivity index (χ1n) is 6.25. The highest BCUT2D eigenvalue weighted by Gasteiger charge is 2.30. The third-order valence-electron chi connectivity index (χ3n) is 3.01. The maximum Gasteiger partial charge on any atom is 0.321 e. The summed E-state index contributed by atoms with van der Waals surface area (Å²) in [4.78, 5) is 10.9. The fraction of sp³-hybridized carbons (Fsp3) is 0.500. The number of carboxylic acids is 1. The minimum atomic E-state index is -0.763. The van der Waals surface area contributed by atoms with Crippen molar-refractivity contribution in [3.05, 3.63) is 35.4 Å². The van der Waals surface area contributed by atoms with Crippen molar-refractivity contribution >= 4 is 17.7 Å². The van der Waals surface area contributed by atoms with E-state index in [-0.39, 0.29) is 5.37 Å². The van der Waals surface area contributed by atoms with Crippen molar-refractivity contribution in [2.24, 2.45) is 5.92 Å². The molecule has 0 aliphatic carbocycles. The van der Waals surface area contributed by atoms with E-state index in [1.807, 2.05) is 0 Å². The van der Waals surface area contributed by atoms with E-state index in [0.29, 0.717) is 11.7 Å². The first-order chi connectivity index (χ1) is 8.56. The molecule has 0 bridgehead atoms. The Balaban J connectivity index is 2.00. The lowest BCUT2D eigenvalue weighted by atomic mass is 10.0. The Morgan fingerprint density at radius 2 is 2.11 bits per heavy atom. The van der Waals surface area contributed by atoms with E-state index in [4.69, 9.17) is 5.11 Å². The Bertz CT molecular complexity index is 416. The van der Waals surface area contributed by atoms with Gasteiger partial charge in [-0.05, 0) is 23.5 Å². The molecule has 0 spiro atoms. The average Bonchev–Trinajstić information content (AvgIpc) is 2.78. The Morgan fingerprint density at radius 1 is 1.44 bits per heavy atom. The van der Waals surface area contributed by atoms with Gasteiger partial charge in [-0.2, -0.15) is 0 Å². The molecule has 2 N–H and O–H groups in total. The normalized spacial score (nSPS) is 23.5.